The highest BCUT2D eigenvalue weighted by molar-refractivity contribution is 7.13. The van der Waals surface area contributed by atoms with Crippen molar-refractivity contribution < 1.29 is 13.9 Å². The third-order valence-electron chi connectivity index (χ3n) is 6.03. The van der Waals surface area contributed by atoms with Crippen LogP contribution in [0.2, 0.25) is 0 Å². The number of methoxy groups -OCH3 is 1. The summed E-state index contributed by atoms with van der Waals surface area (Å²) >= 11 is 1.50. The molecule has 0 saturated carbocycles. The summed E-state index contributed by atoms with van der Waals surface area (Å²) in [6.45, 7) is 3.72. The summed E-state index contributed by atoms with van der Waals surface area (Å²) in [5.41, 5.74) is 1.74. The molecular formula is C26H26FN5O2S. The second-order valence-corrected chi connectivity index (χ2v) is 9.35. The molecule has 7 nitrogen and oxygen atoms in total. The molecule has 2 aromatic heterocycles. The predicted molar refractivity (Wildman–Crippen MR) is 133 cm³/mol. The molecule has 2 aromatic carbocycles. The van der Waals surface area contributed by atoms with Crippen molar-refractivity contribution in [3.05, 3.63) is 83.2 Å². The lowest BCUT2D eigenvalue weighted by Gasteiger charge is -2.21. The van der Waals surface area contributed by atoms with Crippen molar-refractivity contribution in [2.24, 2.45) is 0 Å². The number of rotatable bonds is 6. The number of hydrogen-bond donors (Lipinski definition) is 0. The van der Waals surface area contributed by atoms with E-state index in [2.05, 4.69) is 27.1 Å². The zero-order valence-corrected chi connectivity index (χ0v) is 20.2. The monoisotopic (exact) mass is 491 g/mol. The van der Waals surface area contributed by atoms with E-state index in [1.807, 2.05) is 34.5 Å². The number of hydrogen-bond acceptors (Lipinski definition) is 6. The minimum absolute atomic E-state index is 0.126. The molecule has 0 N–H and O–H groups in total. The molecule has 5 rings (SSSR count). The first-order valence-electron chi connectivity index (χ1n) is 11.5. The van der Waals surface area contributed by atoms with Gasteiger partial charge in [0.05, 0.1) is 17.7 Å². The standard InChI is InChI=1S/C26H26FN5O2S/c1-34-22-10-8-19(9-11-22)18-30-12-4-13-31(15-14-30)26(33)24-28-25(23-7-3-16-35-23)32(29-24)21-6-2-5-20(27)17-21/h2-3,5-11,16-17H,4,12-15,18H2,1H3. The van der Waals surface area contributed by atoms with E-state index in [-0.39, 0.29) is 17.5 Å². The average molecular weight is 492 g/mol. The van der Waals surface area contributed by atoms with E-state index in [4.69, 9.17) is 4.74 Å². The summed E-state index contributed by atoms with van der Waals surface area (Å²) in [6, 6.07) is 18.1. The molecule has 0 atom stereocenters. The van der Waals surface area contributed by atoms with Gasteiger partial charge < -0.3 is 9.64 Å². The van der Waals surface area contributed by atoms with Crippen LogP contribution >= 0.6 is 11.3 Å². The summed E-state index contributed by atoms with van der Waals surface area (Å²) in [6.07, 6.45) is 0.865. The van der Waals surface area contributed by atoms with Crippen LogP contribution in [0.4, 0.5) is 4.39 Å². The van der Waals surface area contributed by atoms with Crippen LogP contribution in [-0.2, 0) is 6.54 Å². The smallest absolute Gasteiger partial charge is 0.293 e. The number of benzene rings is 2. The Labute approximate surface area is 207 Å². The first-order chi connectivity index (χ1) is 17.1. The highest BCUT2D eigenvalue weighted by Gasteiger charge is 2.26. The largest absolute Gasteiger partial charge is 0.497 e. The second kappa shape index (κ2) is 10.4. The molecule has 3 heterocycles. The Morgan fingerprint density at radius 3 is 2.66 bits per heavy atom. The van der Waals surface area contributed by atoms with Gasteiger partial charge in [0.2, 0.25) is 5.82 Å². The van der Waals surface area contributed by atoms with Gasteiger partial charge in [-0.15, -0.1) is 16.4 Å². The number of carbonyl (C=O) groups is 1. The predicted octanol–water partition coefficient (Wildman–Crippen LogP) is 4.49. The molecule has 1 amide bonds. The third-order valence-corrected chi connectivity index (χ3v) is 6.90. The van der Waals surface area contributed by atoms with Crippen LogP contribution in [0, 0.1) is 5.82 Å². The van der Waals surface area contributed by atoms with E-state index in [1.165, 1.54) is 29.0 Å². The molecule has 0 radical (unpaired) electrons. The molecule has 0 spiro atoms. The molecule has 1 aliphatic heterocycles. The number of aromatic nitrogens is 3. The van der Waals surface area contributed by atoms with Gasteiger partial charge in [0.25, 0.3) is 5.91 Å². The Hall–Kier alpha value is -3.56. The number of thiophene rings is 1. The minimum Gasteiger partial charge on any atom is -0.497 e. The minimum atomic E-state index is -0.368. The van der Waals surface area contributed by atoms with E-state index >= 15 is 0 Å². The van der Waals surface area contributed by atoms with Crippen LogP contribution in [0.1, 0.15) is 22.6 Å². The fraction of sp³-hybridized carbons (Fsp3) is 0.269. The second-order valence-electron chi connectivity index (χ2n) is 8.40. The van der Waals surface area contributed by atoms with E-state index in [0.717, 1.165) is 36.7 Å². The number of halogens is 1. The maximum absolute atomic E-state index is 13.9. The summed E-state index contributed by atoms with van der Waals surface area (Å²) < 4.78 is 20.7. The number of amides is 1. The van der Waals surface area contributed by atoms with Gasteiger partial charge in [-0.05, 0) is 53.8 Å². The topological polar surface area (TPSA) is 63.5 Å². The molecule has 4 aromatic rings. The highest BCUT2D eigenvalue weighted by Crippen LogP contribution is 2.26. The number of ether oxygens (including phenoxy) is 1. The van der Waals surface area contributed by atoms with Crippen molar-refractivity contribution in [2.45, 2.75) is 13.0 Å². The molecule has 0 aliphatic carbocycles. The van der Waals surface area contributed by atoms with Crippen molar-refractivity contribution in [3.63, 3.8) is 0 Å². The molecule has 35 heavy (non-hydrogen) atoms. The average Bonchev–Trinajstić information content (AvgIpc) is 3.51. The SMILES string of the molecule is COc1ccc(CN2CCCN(C(=O)c3nc(-c4cccs4)n(-c4cccc(F)c4)n3)CC2)cc1. The van der Waals surface area contributed by atoms with Crippen molar-refractivity contribution >= 4 is 17.2 Å². The van der Waals surface area contributed by atoms with Crippen LogP contribution < -0.4 is 4.74 Å². The molecule has 1 saturated heterocycles. The number of carbonyl (C=O) groups excluding carboxylic acids is 1. The first-order valence-corrected chi connectivity index (χ1v) is 12.4. The Balaban J connectivity index is 1.33. The Morgan fingerprint density at radius 2 is 1.91 bits per heavy atom. The molecule has 9 heteroatoms. The van der Waals surface area contributed by atoms with Gasteiger partial charge in [-0.25, -0.2) is 14.1 Å². The molecule has 0 unspecified atom stereocenters. The van der Waals surface area contributed by atoms with Crippen LogP contribution in [0.15, 0.2) is 66.0 Å². The van der Waals surface area contributed by atoms with Crippen molar-refractivity contribution in [1.29, 1.82) is 0 Å². The van der Waals surface area contributed by atoms with Gasteiger partial charge in [-0.2, -0.15) is 0 Å². The normalized spacial score (nSPS) is 14.6. The van der Waals surface area contributed by atoms with Gasteiger partial charge in [0.15, 0.2) is 5.82 Å². The van der Waals surface area contributed by atoms with Crippen molar-refractivity contribution in [2.75, 3.05) is 33.3 Å². The summed E-state index contributed by atoms with van der Waals surface area (Å²) in [7, 11) is 1.66. The Bertz CT molecular complexity index is 1290. The fourth-order valence-electron chi connectivity index (χ4n) is 4.22. The van der Waals surface area contributed by atoms with Gasteiger partial charge in [-0.3, -0.25) is 9.69 Å². The number of nitrogens with zero attached hydrogens (tertiary/aromatic N) is 5. The Morgan fingerprint density at radius 1 is 1.06 bits per heavy atom. The maximum atomic E-state index is 13.9. The third kappa shape index (κ3) is 5.26. The summed E-state index contributed by atoms with van der Waals surface area (Å²) in [5.74, 6) is 0.927. The van der Waals surface area contributed by atoms with Crippen molar-refractivity contribution in [3.8, 4) is 22.1 Å². The lowest BCUT2D eigenvalue weighted by molar-refractivity contribution is 0.0749. The molecular weight excluding hydrogens is 465 g/mol. The fourth-order valence-corrected chi connectivity index (χ4v) is 4.92. The first kappa shape index (κ1) is 23.2. The lowest BCUT2D eigenvalue weighted by Crippen LogP contribution is -2.35. The quantitative estimate of drug-likeness (QED) is 0.398. The Kier molecular flexibility index (Phi) is 6.87. The van der Waals surface area contributed by atoms with Crippen molar-refractivity contribution in [1.82, 2.24) is 24.6 Å². The van der Waals surface area contributed by atoms with Gasteiger partial charge >= 0.3 is 0 Å². The summed E-state index contributed by atoms with van der Waals surface area (Å²) in [4.78, 5) is 23.0. The summed E-state index contributed by atoms with van der Waals surface area (Å²) in [5, 5.41) is 6.45. The molecule has 0 bridgehead atoms. The van der Waals surface area contributed by atoms with E-state index in [9.17, 15) is 9.18 Å². The van der Waals surface area contributed by atoms with Gasteiger partial charge in [0.1, 0.15) is 11.6 Å². The molecule has 1 fully saturated rings. The maximum Gasteiger partial charge on any atom is 0.293 e. The van der Waals surface area contributed by atoms with Crippen LogP contribution in [0.3, 0.4) is 0 Å². The van der Waals surface area contributed by atoms with Crippen LogP contribution in [-0.4, -0.2) is 63.8 Å². The van der Waals surface area contributed by atoms with Crippen LogP contribution in [0.5, 0.6) is 5.75 Å². The lowest BCUT2D eigenvalue weighted by atomic mass is 10.2. The van der Waals surface area contributed by atoms with Crippen LogP contribution in [0.25, 0.3) is 16.4 Å². The van der Waals surface area contributed by atoms with E-state index in [0.29, 0.717) is 24.6 Å². The zero-order chi connectivity index (χ0) is 24.2. The van der Waals surface area contributed by atoms with Gasteiger partial charge in [-0.1, -0.05) is 24.3 Å². The highest BCUT2D eigenvalue weighted by atomic mass is 32.1. The molecule has 1 aliphatic rings. The zero-order valence-electron chi connectivity index (χ0n) is 19.4. The van der Waals surface area contributed by atoms with E-state index < -0.39 is 0 Å². The van der Waals surface area contributed by atoms with Gasteiger partial charge in [0, 0.05) is 32.7 Å². The van der Waals surface area contributed by atoms with E-state index in [1.54, 1.807) is 23.9 Å². The molecule has 180 valence electrons.